The van der Waals surface area contributed by atoms with E-state index in [9.17, 15) is 4.79 Å². The summed E-state index contributed by atoms with van der Waals surface area (Å²) in [5, 5.41) is 11.9. The van der Waals surface area contributed by atoms with E-state index >= 15 is 0 Å². The smallest absolute Gasteiger partial charge is 0.221 e. The van der Waals surface area contributed by atoms with E-state index in [4.69, 9.17) is 5.11 Å². The zero-order valence-corrected chi connectivity index (χ0v) is 9.54. The van der Waals surface area contributed by atoms with Crippen LogP contribution in [0.25, 0.3) is 0 Å². The first-order valence-corrected chi connectivity index (χ1v) is 5.86. The van der Waals surface area contributed by atoms with Gasteiger partial charge in [-0.05, 0) is 32.2 Å². The minimum atomic E-state index is 0.128. The number of rotatable bonds is 5. The summed E-state index contributed by atoms with van der Waals surface area (Å²) in [6.07, 6.45) is 2.83. The van der Waals surface area contributed by atoms with Crippen molar-refractivity contribution in [3.05, 3.63) is 0 Å². The number of piperidine rings is 1. The van der Waals surface area contributed by atoms with Crippen LogP contribution in [0.1, 0.15) is 26.2 Å². The molecule has 1 heterocycles. The zero-order valence-electron chi connectivity index (χ0n) is 9.54. The molecule has 1 aliphatic rings. The fraction of sp³-hybridized carbons (Fsp3) is 0.909. The molecule has 1 unspecified atom stereocenters. The van der Waals surface area contributed by atoms with Crippen LogP contribution < -0.4 is 5.32 Å². The van der Waals surface area contributed by atoms with Crippen LogP contribution in [0.3, 0.4) is 0 Å². The number of nitrogens with zero attached hydrogens (tertiary/aromatic N) is 1. The molecular formula is C11H22N2O2. The molecule has 1 amide bonds. The van der Waals surface area contributed by atoms with E-state index in [1.807, 2.05) is 6.92 Å². The summed E-state index contributed by atoms with van der Waals surface area (Å²) in [5.41, 5.74) is 0. The van der Waals surface area contributed by atoms with Crippen molar-refractivity contribution >= 4 is 5.91 Å². The molecule has 1 rings (SSSR count). The molecule has 0 aliphatic carbocycles. The van der Waals surface area contributed by atoms with Crippen molar-refractivity contribution in [2.24, 2.45) is 5.92 Å². The van der Waals surface area contributed by atoms with Crippen LogP contribution in [0.5, 0.6) is 0 Å². The predicted molar refractivity (Wildman–Crippen MR) is 59.6 cm³/mol. The Hall–Kier alpha value is -0.610. The van der Waals surface area contributed by atoms with Crippen molar-refractivity contribution in [1.82, 2.24) is 10.2 Å². The molecule has 0 bridgehead atoms. The van der Waals surface area contributed by atoms with Crippen molar-refractivity contribution in [1.29, 1.82) is 0 Å². The first kappa shape index (κ1) is 12.5. The molecule has 15 heavy (non-hydrogen) atoms. The maximum Gasteiger partial charge on any atom is 0.221 e. The number of aliphatic hydroxyl groups is 1. The highest BCUT2D eigenvalue weighted by molar-refractivity contribution is 5.75. The van der Waals surface area contributed by atoms with Crippen LogP contribution >= 0.6 is 0 Å². The standard InChI is InChI=1S/C11H22N2O2/c1-2-12-11(15)5-7-13-6-3-4-10(8-13)9-14/h10,14H,2-9H2,1H3,(H,12,15). The summed E-state index contributed by atoms with van der Waals surface area (Å²) in [5.74, 6) is 0.539. The average molecular weight is 214 g/mol. The molecule has 0 aromatic carbocycles. The predicted octanol–water partition coefficient (Wildman–Crippen LogP) is 0.217. The molecule has 0 radical (unpaired) electrons. The van der Waals surface area contributed by atoms with Gasteiger partial charge >= 0.3 is 0 Å². The average Bonchev–Trinajstić information content (AvgIpc) is 2.27. The fourth-order valence-electron chi connectivity index (χ4n) is 2.05. The number of aliphatic hydroxyl groups excluding tert-OH is 1. The van der Waals surface area contributed by atoms with Crippen molar-refractivity contribution < 1.29 is 9.90 Å². The van der Waals surface area contributed by atoms with Crippen molar-refractivity contribution in [2.75, 3.05) is 32.8 Å². The van der Waals surface area contributed by atoms with Crippen LogP contribution in [0, 0.1) is 5.92 Å². The van der Waals surface area contributed by atoms with E-state index in [2.05, 4.69) is 10.2 Å². The molecule has 0 spiro atoms. The first-order chi connectivity index (χ1) is 7.26. The summed E-state index contributed by atoms with van der Waals surface area (Å²) in [6.45, 7) is 5.74. The molecule has 1 saturated heterocycles. The van der Waals surface area contributed by atoms with E-state index in [-0.39, 0.29) is 12.5 Å². The van der Waals surface area contributed by atoms with Crippen LogP contribution in [0.4, 0.5) is 0 Å². The number of nitrogens with one attached hydrogen (secondary N) is 1. The number of carbonyl (C=O) groups excluding carboxylic acids is 1. The highest BCUT2D eigenvalue weighted by Crippen LogP contribution is 2.15. The van der Waals surface area contributed by atoms with Crippen molar-refractivity contribution in [2.45, 2.75) is 26.2 Å². The molecule has 2 N–H and O–H groups in total. The van der Waals surface area contributed by atoms with Gasteiger partial charge < -0.3 is 15.3 Å². The van der Waals surface area contributed by atoms with Gasteiger partial charge in [0.15, 0.2) is 0 Å². The SMILES string of the molecule is CCNC(=O)CCN1CCCC(CO)C1. The number of carbonyl (C=O) groups is 1. The summed E-state index contributed by atoms with van der Waals surface area (Å²) in [6, 6.07) is 0. The first-order valence-electron chi connectivity index (χ1n) is 5.86. The van der Waals surface area contributed by atoms with Crippen LogP contribution in [-0.4, -0.2) is 48.7 Å². The van der Waals surface area contributed by atoms with E-state index in [0.717, 1.165) is 32.5 Å². The van der Waals surface area contributed by atoms with Crippen molar-refractivity contribution in [3.63, 3.8) is 0 Å². The minimum Gasteiger partial charge on any atom is -0.396 e. The quantitative estimate of drug-likeness (QED) is 0.688. The van der Waals surface area contributed by atoms with Gasteiger partial charge in [0.1, 0.15) is 0 Å². The summed E-state index contributed by atoms with van der Waals surface area (Å²) in [4.78, 5) is 13.5. The lowest BCUT2D eigenvalue weighted by Gasteiger charge is -2.31. The Morgan fingerprint density at radius 3 is 3.07 bits per heavy atom. The summed E-state index contributed by atoms with van der Waals surface area (Å²) >= 11 is 0. The molecule has 0 aromatic rings. The Morgan fingerprint density at radius 2 is 2.40 bits per heavy atom. The highest BCUT2D eigenvalue weighted by Gasteiger charge is 2.19. The molecule has 0 aromatic heterocycles. The third kappa shape index (κ3) is 4.62. The second-order valence-electron chi connectivity index (χ2n) is 4.19. The van der Waals surface area contributed by atoms with Gasteiger partial charge in [-0.1, -0.05) is 0 Å². The van der Waals surface area contributed by atoms with Gasteiger partial charge in [-0.2, -0.15) is 0 Å². The molecular weight excluding hydrogens is 192 g/mol. The van der Waals surface area contributed by atoms with Crippen LogP contribution in [0.15, 0.2) is 0 Å². The zero-order chi connectivity index (χ0) is 11.1. The lowest BCUT2D eigenvalue weighted by Crippen LogP contribution is -2.39. The van der Waals surface area contributed by atoms with E-state index in [0.29, 0.717) is 18.9 Å². The third-order valence-electron chi connectivity index (χ3n) is 2.89. The van der Waals surface area contributed by atoms with Crippen LogP contribution in [-0.2, 0) is 4.79 Å². The monoisotopic (exact) mass is 214 g/mol. The molecule has 4 nitrogen and oxygen atoms in total. The Bertz CT molecular complexity index is 197. The topological polar surface area (TPSA) is 52.6 Å². The van der Waals surface area contributed by atoms with Gasteiger partial charge in [0.25, 0.3) is 0 Å². The molecule has 1 fully saturated rings. The summed E-state index contributed by atoms with van der Waals surface area (Å²) < 4.78 is 0. The van der Waals surface area contributed by atoms with Gasteiger partial charge in [-0.25, -0.2) is 0 Å². The second-order valence-corrected chi connectivity index (χ2v) is 4.19. The van der Waals surface area contributed by atoms with E-state index < -0.39 is 0 Å². The van der Waals surface area contributed by atoms with Crippen LogP contribution in [0.2, 0.25) is 0 Å². The number of hydrogen-bond acceptors (Lipinski definition) is 3. The third-order valence-corrected chi connectivity index (χ3v) is 2.89. The molecule has 0 saturated carbocycles. The Kier molecular flexibility index (Phi) is 5.65. The second kappa shape index (κ2) is 6.80. The Balaban J connectivity index is 2.17. The highest BCUT2D eigenvalue weighted by atomic mass is 16.3. The molecule has 4 heteroatoms. The lowest BCUT2D eigenvalue weighted by atomic mass is 9.99. The van der Waals surface area contributed by atoms with Gasteiger partial charge in [-0.3, -0.25) is 4.79 Å². The number of hydrogen-bond donors (Lipinski definition) is 2. The van der Waals surface area contributed by atoms with Crippen molar-refractivity contribution in [3.8, 4) is 0 Å². The van der Waals surface area contributed by atoms with Gasteiger partial charge in [-0.15, -0.1) is 0 Å². The Labute approximate surface area is 91.6 Å². The maximum absolute atomic E-state index is 11.2. The molecule has 1 aliphatic heterocycles. The fourth-order valence-corrected chi connectivity index (χ4v) is 2.05. The normalized spacial score (nSPS) is 22.7. The minimum absolute atomic E-state index is 0.128. The summed E-state index contributed by atoms with van der Waals surface area (Å²) in [7, 11) is 0. The van der Waals surface area contributed by atoms with Gasteiger partial charge in [0.05, 0.1) is 0 Å². The molecule has 1 atom stereocenters. The largest absolute Gasteiger partial charge is 0.396 e. The Morgan fingerprint density at radius 1 is 1.60 bits per heavy atom. The van der Waals surface area contributed by atoms with Gasteiger partial charge in [0.2, 0.25) is 5.91 Å². The van der Waals surface area contributed by atoms with E-state index in [1.54, 1.807) is 0 Å². The lowest BCUT2D eigenvalue weighted by molar-refractivity contribution is -0.121. The molecule has 88 valence electrons. The van der Waals surface area contributed by atoms with E-state index in [1.165, 1.54) is 0 Å². The maximum atomic E-state index is 11.2. The number of likely N-dealkylation sites (tertiary alicyclic amines) is 1. The van der Waals surface area contributed by atoms with Gasteiger partial charge in [0, 0.05) is 32.7 Å². The number of amides is 1.